The average Bonchev–Trinajstić information content (AvgIpc) is 2.76. The standard InChI is InChI=1S/C24H39ClN4O3/c1-18(2)32-17-7-9-22(30)28(5)14-6-8-19-12-15-29(16-13-19)21-11-10-20(23(25)26-21)24(31)27(3)4/h10-11,18-19H,6-9,12-17H2,1-5H3. The highest BCUT2D eigenvalue weighted by atomic mass is 35.5. The van der Waals surface area contributed by atoms with Gasteiger partial charge in [-0.25, -0.2) is 4.98 Å². The second-order valence-corrected chi connectivity index (χ2v) is 9.48. The van der Waals surface area contributed by atoms with Crippen LogP contribution in [-0.4, -0.2) is 80.1 Å². The number of ether oxygens (including phenoxy) is 1. The van der Waals surface area contributed by atoms with E-state index < -0.39 is 0 Å². The molecule has 180 valence electrons. The van der Waals surface area contributed by atoms with Crippen molar-refractivity contribution in [2.75, 3.05) is 52.3 Å². The van der Waals surface area contributed by atoms with Crippen molar-refractivity contribution in [1.82, 2.24) is 14.8 Å². The molecule has 32 heavy (non-hydrogen) atoms. The third-order valence-corrected chi connectivity index (χ3v) is 6.22. The summed E-state index contributed by atoms with van der Waals surface area (Å²) in [5.41, 5.74) is 0.432. The van der Waals surface area contributed by atoms with Crippen molar-refractivity contribution in [3.05, 3.63) is 22.8 Å². The van der Waals surface area contributed by atoms with E-state index in [2.05, 4.69) is 9.88 Å². The number of carbonyl (C=O) groups is 2. The Hall–Kier alpha value is -1.86. The maximum Gasteiger partial charge on any atom is 0.256 e. The summed E-state index contributed by atoms with van der Waals surface area (Å²) < 4.78 is 5.50. The number of hydrogen-bond donors (Lipinski definition) is 0. The smallest absolute Gasteiger partial charge is 0.256 e. The van der Waals surface area contributed by atoms with Gasteiger partial charge in [0.1, 0.15) is 11.0 Å². The minimum Gasteiger partial charge on any atom is -0.379 e. The van der Waals surface area contributed by atoms with Gasteiger partial charge in [-0.3, -0.25) is 9.59 Å². The van der Waals surface area contributed by atoms with Gasteiger partial charge in [0, 0.05) is 53.8 Å². The molecule has 1 aliphatic heterocycles. The van der Waals surface area contributed by atoms with Crippen LogP contribution >= 0.6 is 11.6 Å². The molecule has 1 aliphatic rings. The first-order valence-corrected chi connectivity index (χ1v) is 12.1. The van der Waals surface area contributed by atoms with Crippen LogP contribution in [0.15, 0.2) is 12.1 Å². The van der Waals surface area contributed by atoms with Gasteiger partial charge in [0.15, 0.2) is 0 Å². The first-order valence-electron chi connectivity index (χ1n) is 11.7. The average molecular weight is 467 g/mol. The second kappa shape index (κ2) is 13.0. The van der Waals surface area contributed by atoms with Gasteiger partial charge in [-0.05, 0) is 64.0 Å². The van der Waals surface area contributed by atoms with E-state index >= 15 is 0 Å². The van der Waals surface area contributed by atoms with Gasteiger partial charge in [0.2, 0.25) is 5.91 Å². The van der Waals surface area contributed by atoms with Crippen LogP contribution in [-0.2, 0) is 9.53 Å². The molecule has 8 heteroatoms. The first kappa shape index (κ1) is 26.4. The fourth-order valence-electron chi connectivity index (χ4n) is 3.93. The lowest BCUT2D eigenvalue weighted by molar-refractivity contribution is -0.130. The number of halogens is 1. The summed E-state index contributed by atoms with van der Waals surface area (Å²) in [4.78, 5) is 34.4. The Morgan fingerprint density at radius 3 is 2.47 bits per heavy atom. The minimum atomic E-state index is -0.139. The molecule has 2 heterocycles. The zero-order chi connectivity index (χ0) is 23.7. The number of aromatic nitrogens is 1. The molecular weight excluding hydrogens is 428 g/mol. The van der Waals surface area contributed by atoms with Gasteiger partial charge in [0.05, 0.1) is 11.7 Å². The number of amides is 2. The zero-order valence-corrected chi connectivity index (χ0v) is 21.0. The van der Waals surface area contributed by atoms with E-state index in [0.29, 0.717) is 24.5 Å². The minimum absolute atomic E-state index is 0.139. The summed E-state index contributed by atoms with van der Waals surface area (Å²) in [6.45, 7) is 7.33. The number of nitrogens with zero attached hydrogens (tertiary/aromatic N) is 4. The SMILES string of the molecule is CC(C)OCCCC(=O)N(C)CCCC1CCN(c2ccc(C(=O)N(C)C)c(Cl)n2)CC1. The molecule has 1 aromatic heterocycles. The van der Waals surface area contributed by atoms with Crippen LogP contribution in [0.5, 0.6) is 0 Å². The molecule has 0 saturated carbocycles. The Kier molecular flexibility index (Phi) is 10.7. The molecule has 1 aromatic rings. The van der Waals surface area contributed by atoms with Crippen molar-refractivity contribution in [2.24, 2.45) is 5.92 Å². The third kappa shape index (κ3) is 8.24. The van der Waals surface area contributed by atoms with E-state index in [-0.39, 0.29) is 23.1 Å². The molecule has 2 rings (SSSR count). The first-order chi connectivity index (χ1) is 15.2. The summed E-state index contributed by atoms with van der Waals surface area (Å²) >= 11 is 6.27. The Balaban J connectivity index is 1.69. The van der Waals surface area contributed by atoms with Crippen molar-refractivity contribution in [2.45, 2.75) is 58.5 Å². The molecule has 1 fully saturated rings. The lowest BCUT2D eigenvalue weighted by atomic mass is 9.92. The van der Waals surface area contributed by atoms with Gasteiger partial charge in [-0.15, -0.1) is 0 Å². The van der Waals surface area contributed by atoms with E-state index in [1.54, 1.807) is 20.2 Å². The fourth-order valence-corrected chi connectivity index (χ4v) is 4.16. The molecule has 0 aliphatic carbocycles. The molecular formula is C24H39ClN4O3. The van der Waals surface area contributed by atoms with Crippen LogP contribution in [0.3, 0.4) is 0 Å². The zero-order valence-electron chi connectivity index (χ0n) is 20.3. The topological polar surface area (TPSA) is 66.0 Å². The Labute approximate surface area is 198 Å². The van der Waals surface area contributed by atoms with Crippen molar-refractivity contribution in [3.63, 3.8) is 0 Å². The highest BCUT2D eigenvalue weighted by Gasteiger charge is 2.22. The van der Waals surface area contributed by atoms with Gasteiger partial charge in [-0.1, -0.05) is 11.6 Å². The maximum atomic E-state index is 12.2. The highest BCUT2D eigenvalue weighted by Crippen LogP contribution is 2.27. The van der Waals surface area contributed by atoms with E-state index in [0.717, 1.165) is 57.6 Å². The number of rotatable bonds is 11. The van der Waals surface area contributed by atoms with Crippen molar-refractivity contribution in [1.29, 1.82) is 0 Å². The number of piperidine rings is 1. The molecule has 0 radical (unpaired) electrons. The molecule has 2 amide bonds. The molecule has 7 nitrogen and oxygen atoms in total. The molecule has 1 saturated heterocycles. The van der Waals surface area contributed by atoms with Gasteiger partial charge < -0.3 is 19.4 Å². The van der Waals surface area contributed by atoms with Gasteiger partial charge in [-0.2, -0.15) is 0 Å². The monoisotopic (exact) mass is 466 g/mol. The summed E-state index contributed by atoms with van der Waals surface area (Å²) in [5, 5.41) is 0.256. The summed E-state index contributed by atoms with van der Waals surface area (Å²) in [5.74, 6) is 1.56. The van der Waals surface area contributed by atoms with E-state index in [1.807, 2.05) is 31.9 Å². The maximum absolute atomic E-state index is 12.2. The van der Waals surface area contributed by atoms with Crippen LogP contribution in [0.1, 0.15) is 62.7 Å². The molecule has 0 N–H and O–H groups in total. The summed E-state index contributed by atoms with van der Waals surface area (Å²) in [6, 6.07) is 3.65. The normalized spacial score (nSPS) is 14.7. The molecule has 0 aromatic carbocycles. The predicted molar refractivity (Wildman–Crippen MR) is 129 cm³/mol. The number of hydrogen-bond acceptors (Lipinski definition) is 5. The van der Waals surface area contributed by atoms with E-state index in [4.69, 9.17) is 16.3 Å². The van der Waals surface area contributed by atoms with Crippen molar-refractivity contribution < 1.29 is 14.3 Å². The Bertz CT molecular complexity index is 749. The fraction of sp³-hybridized carbons (Fsp3) is 0.708. The predicted octanol–water partition coefficient (Wildman–Crippen LogP) is 4.10. The Morgan fingerprint density at radius 1 is 1.19 bits per heavy atom. The summed E-state index contributed by atoms with van der Waals surface area (Å²) in [6.07, 6.45) is 5.91. The molecule has 0 bridgehead atoms. The quantitative estimate of drug-likeness (QED) is 0.363. The van der Waals surface area contributed by atoms with Crippen molar-refractivity contribution in [3.8, 4) is 0 Å². The number of carbonyl (C=O) groups excluding carboxylic acids is 2. The number of anilines is 1. The van der Waals surface area contributed by atoms with Crippen LogP contribution in [0.25, 0.3) is 0 Å². The van der Waals surface area contributed by atoms with Crippen LogP contribution < -0.4 is 4.90 Å². The molecule has 0 unspecified atom stereocenters. The third-order valence-electron chi connectivity index (χ3n) is 5.93. The van der Waals surface area contributed by atoms with Crippen molar-refractivity contribution >= 4 is 29.2 Å². The van der Waals surface area contributed by atoms with Crippen LogP contribution in [0.4, 0.5) is 5.82 Å². The van der Waals surface area contributed by atoms with E-state index in [9.17, 15) is 9.59 Å². The highest BCUT2D eigenvalue weighted by molar-refractivity contribution is 6.32. The largest absolute Gasteiger partial charge is 0.379 e. The molecule has 0 spiro atoms. The molecule has 0 atom stereocenters. The van der Waals surface area contributed by atoms with Gasteiger partial charge in [0.25, 0.3) is 5.91 Å². The van der Waals surface area contributed by atoms with E-state index in [1.165, 1.54) is 4.90 Å². The summed E-state index contributed by atoms with van der Waals surface area (Å²) in [7, 11) is 5.30. The lowest BCUT2D eigenvalue weighted by Crippen LogP contribution is -2.35. The second-order valence-electron chi connectivity index (χ2n) is 9.12. The van der Waals surface area contributed by atoms with Crippen LogP contribution in [0.2, 0.25) is 5.15 Å². The van der Waals surface area contributed by atoms with Crippen LogP contribution in [0, 0.1) is 5.92 Å². The Morgan fingerprint density at radius 2 is 1.88 bits per heavy atom. The lowest BCUT2D eigenvalue weighted by Gasteiger charge is -2.33. The van der Waals surface area contributed by atoms with Gasteiger partial charge >= 0.3 is 0 Å². The number of pyridine rings is 1.